The Hall–Kier alpha value is -2.18. The molecule has 2 fully saturated rings. The largest absolute Gasteiger partial charge is 0.352 e. The average Bonchev–Trinajstić information content (AvgIpc) is 3.64. The van der Waals surface area contributed by atoms with Crippen LogP contribution in [0.5, 0.6) is 0 Å². The van der Waals surface area contributed by atoms with Crippen LogP contribution in [0.25, 0.3) is 10.2 Å². The van der Waals surface area contributed by atoms with E-state index in [0.29, 0.717) is 29.6 Å². The van der Waals surface area contributed by atoms with Crippen molar-refractivity contribution in [3.05, 3.63) is 51.1 Å². The molecular weight excluding hydrogens is 440 g/mol. The van der Waals surface area contributed by atoms with Gasteiger partial charge in [0.15, 0.2) is 0 Å². The van der Waals surface area contributed by atoms with Gasteiger partial charge in [0.25, 0.3) is 5.91 Å². The number of carbonyl (C=O) groups excluding carboxylic acids is 1. The van der Waals surface area contributed by atoms with Gasteiger partial charge in [-0.2, -0.15) is 0 Å². The summed E-state index contributed by atoms with van der Waals surface area (Å²) in [6.45, 7) is 3.02. The van der Waals surface area contributed by atoms with Gasteiger partial charge in [-0.1, -0.05) is 18.0 Å². The zero-order chi connectivity index (χ0) is 21.7. The van der Waals surface area contributed by atoms with Crippen LogP contribution in [0.4, 0.5) is 5.82 Å². The van der Waals surface area contributed by atoms with E-state index < -0.39 is 0 Å². The van der Waals surface area contributed by atoms with Crippen LogP contribution in [-0.2, 0) is 12.8 Å². The van der Waals surface area contributed by atoms with E-state index in [2.05, 4.69) is 4.90 Å². The Morgan fingerprint density at radius 1 is 0.969 bits per heavy atom. The Morgan fingerprint density at radius 3 is 2.47 bits per heavy atom. The maximum atomic E-state index is 12.9. The number of hydrogen-bond donors (Lipinski definition) is 0. The van der Waals surface area contributed by atoms with E-state index in [1.807, 2.05) is 28.4 Å². The third kappa shape index (κ3) is 3.77. The molecule has 3 aliphatic rings. The molecule has 1 aromatic carbocycles. The number of aryl methyl sites for hydroxylation is 2. The van der Waals surface area contributed by atoms with Gasteiger partial charge < -0.3 is 9.80 Å². The zero-order valence-corrected chi connectivity index (χ0v) is 19.7. The van der Waals surface area contributed by atoms with Gasteiger partial charge in [-0.15, -0.1) is 11.3 Å². The molecule has 1 saturated heterocycles. The molecule has 5 nitrogen and oxygen atoms in total. The number of aromatic nitrogens is 2. The van der Waals surface area contributed by atoms with Crippen LogP contribution < -0.4 is 4.90 Å². The third-order valence-corrected chi connectivity index (χ3v) is 8.40. The second-order valence-corrected chi connectivity index (χ2v) is 10.7. The molecule has 3 aromatic rings. The standard InChI is InChI=1S/C25H27ClN4OS/c26-18-10-8-17(9-11-18)25(31)30-14-12-29(13-15-30)23-21-19-4-2-1-3-5-20(19)32-24(21)28-22(27-23)16-6-7-16/h8-11,16H,1-7,12-15H2. The van der Waals surface area contributed by atoms with E-state index in [0.717, 1.165) is 31.2 Å². The van der Waals surface area contributed by atoms with Crippen molar-refractivity contribution in [2.45, 2.75) is 50.9 Å². The Kier molecular flexibility index (Phi) is 5.30. The molecule has 0 spiro atoms. The zero-order valence-electron chi connectivity index (χ0n) is 18.1. The summed E-state index contributed by atoms with van der Waals surface area (Å²) in [7, 11) is 0. The molecule has 0 N–H and O–H groups in total. The molecule has 0 atom stereocenters. The number of benzene rings is 1. The first-order valence-electron chi connectivity index (χ1n) is 11.8. The first-order valence-corrected chi connectivity index (χ1v) is 13.0. The monoisotopic (exact) mass is 466 g/mol. The predicted molar refractivity (Wildman–Crippen MR) is 130 cm³/mol. The van der Waals surface area contributed by atoms with E-state index in [-0.39, 0.29) is 5.91 Å². The fourth-order valence-electron chi connectivity index (χ4n) is 4.98. The van der Waals surface area contributed by atoms with Gasteiger partial charge in [0.05, 0.1) is 5.39 Å². The van der Waals surface area contributed by atoms with Crippen molar-refractivity contribution in [3.8, 4) is 0 Å². The second kappa shape index (κ2) is 8.31. The first kappa shape index (κ1) is 20.4. The number of piperazine rings is 1. The minimum absolute atomic E-state index is 0.0808. The van der Waals surface area contributed by atoms with Crippen LogP contribution in [0.1, 0.15) is 64.6 Å². The Balaban J connectivity index is 1.29. The molecule has 166 valence electrons. The first-order chi connectivity index (χ1) is 15.7. The highest BCUT2D eigenvalue weighted by Gasteiger charge is 2.32. The maximum Gasteiger partial charge on any atom is 0.253 e. The Morgan fingerprint density at radius 2 is 1.72 bits per heavy atom. The number of thiophene rings is 1. The Bertz CT molecular complexity index is 1160. The second-order valence-electron chi connectivity index (χ2n) is 9.21. The normalized spacial score (nSPS) is 19.2. The predicted octanol–water partition coefficient (Wildman–Crippen LogP) is 5.45. The van der Waals surface area contributed by atoms with E-state index in [9.17, 15) is 4.79 Å². The summed E-state index contributed by atoms with van der Waals surface area (Å²) in [5, 5.41) is 1.95. The number of hydrogen-bond acceptors (Lipinski definition) is 5. The smallest absolute Gasteiger partial charge is 0.253 e. The summed E-state index contributed by atoms with van der Waals surface area (Å²) in [6.07, 6.45) is 8.58. The lowest BCUT2D eigenvalue weighted by Crippen LogP contribution is -2.49. The molecular formula is C25H27ClN4OS. The van der Waals surface area contributed by atoms with E-state index in [4.69, 9.17) is 21.6 Å². The molecule has 1 amide bonds. The molecule has 2 aromatic heterocycles. The molecule has 0 bridgehead atoms. The van der Waals surface area contributed by atoms with E-state index >= 15 is 0 Å². The van der Waals surface area contributed by atoms with Crippen molar-refractivity contribution < 1.29 is 4.79 Å². The number of carbonyl (C=O) groups is 1. The molecule has 1 saturated carbocycles. The number of anilines is 1. The highest BCUT2D eigenvalue weighted by molar-refractivity contribution is 7.19. The fourth-order valence-corrected chi connectivity index (χ4v) is 6.37. The average molecular weight is 467 g/mol. The van der Waals surface area contributed by atoms with Crippen LogP contribution in [-0.4, -0.2) is 47.0 Å². The van der Waals surface area contributed by atoms with Gasteiger partial charge in [-0.25, -0.2) is 9.97 Å². The van der Waals surface area contributed by atoms with Gasteiger partial charge in [0.2, 0.25) is 0 Å². The topological polar surface area (TPSA) is 49.3 Å². The van der Waals surface area contributed by atoms with Gasteiger partial charge in [-0.3, -0.25) is 4.79 Å². The SMILES string of the molecule is O=C(c1ccc(Cl)cc1)N1CCN(c2nc(C3CC3)nc3sc4c(c23)CCCCC4)CC1. The number of fused-ring (bicyclic) bond motifs is 3. The number of nitrogens with zero attached hydrogens (tertiary/aromatic N) is 4. The van der Waals surface area contributed by atoms with Gasteiger partial charge in [0.1, 0.15) is 16.5 Å². The summed E-state index contributed by atoms with van der Waals surface area (Å²) < 4.78 is 0. The summed E-state index contributed by atoms with van der Waals surface area (Å²) in [5.74, 6) is 2.77. The summed E-state index contributed by atoms with van der Waals surface area (Å²) in [6, 6.07) is 7.19. The van der Waals surface area contributed by atoms with Gasteiger partial charge in [0, 0.05) is 47.6 Å². The van der Waals surface area contributed by atoms with Gasteiger partial charge >= 0.3 is 0 Å². The molecule has 6 rings (SSSR count). The van der Waals surface area contributed by atoms with Crippen molar-refractivity contribution in [1.29, 1.82) is 0 Å². The number of amides is 1. The molecule has 3 heterocycles. The molecule has 1 aliphatic heterocycles. The summed E-state index contributed by atoms with van der Waals surface area (Å²) in [5.41, 5.74) is 2.20. The summed E-state index contributed by atoms with van der Waals surface area (Å²) >= 11 is 7.89. The molecule has 7 heteroatoms. The van der Waals surface area contributed by atoms with Crippen molar-refractivity contribution in [2.24, 2.45) is 0 Å². The van der Waals surface area contributed by atoms with Crippen LogP contribution in [0.15, 0.2) is 24.3 Å². The van der Waals surface area contributed by atoms with Crippen LogP contribution in [0, 0.1) is 0 Å². The highest BCUT2D eigenvalue weighted by atomic mass is 35.5. The minimum atomic E-state index is 0.0808. The number of halogens is 1. The summed E-state index contributed by atoms with van der Waals surface area (Å²) in [4.78, 5) is 30.2. The molecule has 32 heavy (non-hydrogen) atoms. The van der Waals surface area contributed by atoms with Crippen LogP contribution >= 0.6 is 22.9 Å². The lowest BCUT2D eigenvalue weighted by atomic mass is 10.1. The number of rotatable bonds is 3. The fraction of sp³-hybridized carbons (Fsp3) is 0.480. The van der Waals surface area contributed by atoms with E-state index in [1.54, 1.807) is 12.1 Å². The van der Waals surface area contributed by atoms with Crippen molar-refractivity contribution >= 4 is 44.9 Å². The quantitative estimate of drug-likeness (QED) is 0.481. The molecule has 0 radical (unpaired) electrons. The van der Waals surface area contributed by atoms with Crippen LogP contribution in [0.3, 0.4) is 0 Å². The van der Waals surface area contributed by atoms with Crippen molar-refractivity contribution in [3.63, 3.8) is 0 Å². The maximum absolute atomic E-state index is 12.9. The van der Waals surface area contributed by atoms with Crippen molar-refractivity contribution in [2.75, 3.05) is 31.1 Å². The van der Waals surface area contributed by atoms with Crippen molar-refractivity contribution in [1.82, 2.24) is 14.9 Å². The molecule has 0 unspecified atom stereocenters. The lowest BCUT2D eigenvalue weighted by Gasteiger charge is -2.36. The Labute approximate surface area is 197 Å². The van der Waals surface area contributed by atoms with Gasteiger partial charge in [-0.05, 0) is 68.4 Å². The van der Waals surface area contributed by atoms with Crippen LogP contribution in [0.2, 0.25) is 5.02 Å². The minimum Gasteiger partial charge on any atom is -0.352 e. The lowest BCUT2D eigenvalue weighted by molar-refractivity contribution is 0.0746. The van der Waals surface area contributed by atoms with E-state index in [1.165, 1.54) is 59.2 Å². The third-order valence-electron chi connectivity index (χ3n) is 6.96. The highest BCUT2D eigenvalue weighted by Crippen LogP contribution is 2.44. The molecule has 2 aliphatic carbocycles.